The highest BCUT2D eigenvalue weighted by Crippen LogP contribution is 2.37. The summed E-state index contributed by atoms with van der Waals surface area (Å²) in [6, 6.07) is 23.4. The van der Waals surface area contributed by atoms with Crippen LogP contribution in [0.3, 0.4) is 0 Å². The second kappa shape index (κ2) is 12.9. The first-order chi connectivity index (χ1) is 22.1. The van der Waals surface area contributed by atoms with Crippen molar-refractivity contribution in [1.82, 2.24) is 19.7 Å². The van der Waals surface area contributed by atoms with Gasteiger partial charge in [0.25, 0.3) is 5.56 Å². The van der Waals surface area contributed by atoms with Gasteiger partial charge in [-0.15, -0.1) is 0 Å². The van der Waals surface area contributed by atoms with E-state index in [1.165, 1.54) is 0 Å². The third-order valence-corrected chi connectivity index (χ3v) is 9.00. The van der Waals surface area contributed by atoms with Crippen LogP contribution in [0.25, 0.3) is 28.2 Å². The van der Waals surface area contributed by atoms with Gasteiger partial charge in [0.15, 0.2) is 5.82 Å². The number of aromatic amines is 1. The molecule has 6 rings (SSSR count). The first-order valence-corrected chi connectivity index (χ1v) is 15.9. The quantitative estimate of drug-likeness (QED) is 0.195. The summed E-state index contributed by atoms with van der Waals surface area (Å²) in [5, 5.41) is 14.2. The number of benzene rings is 3. The molecule has 5 aromatic rings. The molecule has 2 atom stereocenters. The zero-order valence-electron chi connectivity index (χ0n) is 26.7. The van der Waals surface area contributed by atoms with Crippen molar-refractivity contribution in [2.75, 3.05) is 0 Å². The van der Waals surface area contributed by atoms with Crippen molar-refractivity contribution in [1.29, 1.82) is 0 Å². The third kappa shape index (κ3) is 6.46. The normalized spacial score (nSPS) is 17.6. The highest BCUT2D eigenvalue weighted by Gasteiger charge is 2.36. The Hall–Kier alpha value is -4.76. The van der Waals surface area contributed by atoms with Crippen LogP contribution < -0.4 is 16.1 Å². The molecule has 9 nitrogen and oxygen atoms in total. The monoisotopic (exact) mass is 620 g/mol. The summed E-state index contributed by atoms with van der Waals surface area (Å²) in [5.41, 5.74) is 5.60. The summed E-state index contributed by atoms with van der Waals surface area (Å²) in [6.07, 6.45) is 4.10. The van der Waals surface area contributed by atoms with E-state index in [1.54, 1.807) is 4.57 Å². The Bertz CT molecular complexity index is 1940. The lowest BCUT2D eigenvalue weighted by Crippen LogP contribution is -2.40. The van der Waals surface area contributed by atoms with Gasteiger partial charge >= 0.3 is 5.76 Å². The van der Waals surface area contributed by atoms with E-state index in [0.717, 1.165) is 65.1 Å². The van der Waals surface area contributed by atoms with E-state index in [-0.39, 0.29) is 23.2 Å². The fraction of sp³-hybridized carbons (Fsp3) is 0.351. The second-order valence-corrected chi connectivity index (χ2v) is 12.9. The van der Waals surface area contributed by atoms with E-state index < -0.39 is 5.76 Å². The smallest absolute Gasteiger partial charge is 0.439 e. The molecule has 9 heteroatoms. The van der Waals surface area contributed by atoms with E-state index in [0.29, 0.717) is 30.1 Å². The van der Waals surface area contributed by atoms with Crippen LogP contribution in [-0.4, -0.2) is 37.0 Å². The van der Waals surface area contributed by atoms with Gasteiger partial charge in [-0.3, -0.25) is 18.9 Å². The maximum atomic E-state index is 14.1. The molecule has 1 fully saturated rings. The van der Waals surface area contributed by atoms with Crippen molar-refractivity contribution >= 4 is 0 Å². The largest absolute Gasteiger partial charge is 0.490 e. The van der Waals surface area contributed by atoms with Crippen molar-refractivity contribution in [2.24, 2.45) is 5.41 Å². The number of rotatable bonds is 9. The number of H-pyrrole nitrogens is 1. The lowest BCUT2D eigenvalue weighted by atomic mass is 9.74. The summed E-state index contributed by atoms with van der Waals surface area (Å²) < 4.78 is 12.7. The minimum atomic E-state index is -0.602. The lowest BCUT2D eigenvalue weighted by Gasteiger charge is -2.39. The maximum absolute atomic E-state index is 14.1. The third-order valence-electron chi connectivity index (χ3n) is 9.00. The molecule has 2 N–H and O–H groups in total. The number of hydrogen-bond acceptors (Lipinski definition) is 7. The van der Waals surface area contributed by atoms with E-state index in [4.69, 9.17) is 14.2 Å². The Morgan fingerprint density at radius 2 is 1.72 bits per heavy atom. The van der Waals surface area contributed by atoms with Gasteiger partial charge in [-0.2, -0.15) is 0 Å². The van der Waals surface area contributed by atoms with Crippen LogP contribution in [0.4, 0.5) is 0 Å². The van der Waals surface area contributed by atoms with Crippen LogP contribution in [0.1, 0.15) is 69.1 Å². The molecule has 46 heavy (non-hydrogen) atoms. The van der Waals surface area contributed by atoms with Crippen LogP contribution >= 0.6 is 0 Å². The number of nitrogens with zero attached hydrogens (tertiary/aromatic N) is 3. The highest BCUT2D eigenvalue weighted by molar-refractivity contribution is 5.80. The van der Waals surface area contributed by atoms with E-state index in [9.17, 15) is 14.7 Å². The minimum absolute atomic E-state index is 0.0431. The average molecular weight is 621 g/mol. The standard InChI is InChI=1S/C37H40N4O5/c1-5-8-32-31(21-24-11-13-25(14-12-24)29-9-6-7-10-30(29)34-39-36(44)46-40-34)35(43)41(23(2)38-32)26-15-17-27(18-16-26)45-28-19-20-33(42)37(3,4)22-28/h6-7,9-18,28,33,42H,5,8,19-22H2,1-4H3,(H,39,40,44). The Kier molecular flexibility index (Phi) is 8.77. The van der Waals surface area contributed by atoms with Crippen molar-refractivity contribution in [3.05, 3.63) is 116 Å². The van der Waals surface area contributed by atoms with Gasteiger partial charge in [0.2, 0.25) is 0 Å². The molecule has 238 valence electrons. The number of aromatic nitrogens is 4. The number of hydrogen-bond donors (Lipinski definition) is 2. The van der Waals surface area contributed by atoms with Crippen molar-refractivity contribution < 1.29 is 14.4 Å². The topological polar surface area (TPSA) is 123 Å². The molecule has 2 aromatic heterocycles. The number of aliphatic hydroxyl groups excluding tert-OH is 1. The van der Waals surface area contributed by atoms with Crippen molar-refractivity contribution in [3.63, 3.8) is 0 Å². The fourth-order valence-corrected chi connectivity index (χ4v) is 6.46. The van der Waals surface area contributed by atoms with Crippen LogP contribution in [0.5, 0.6) is 5.75 Å². The molecule has 2 heterocycles. The first-order valence-electron chi connectivity index (χ1n) is 15.9. The molecule has 1 aliphatic rings. The van der Waals surface area contributed by atoms with Gasteiger partial charge in [-0.05, 0) is 79.0 Å². The molecule has 0 aliphatic heterocycles. The second-order valence-electron chi connectivity index (χ2n) is 12.9. The lowest BCUT2D eigenvalue weighted by molar-refractivity contribution is -0.0308. The fourth-order valence-electron chi connectivity index (χ4n) is 6.46. The Balaban J connectivity index is 1.26. The van der Waals surface area contributed by atoms with Gasteiger partial charge in [0, 0.05) is 17.5 Å². The molecule has 1 aliphatic carbocycles. The Labute approximate surface area is 267 Å². The summed E-state index contributed by atoms with van der Waals surface area (Å²) in [7, 11) is 0. The summed E-state index contributed by atoms with van der Waals surface area (Å²) >= 11 is 0. The first kappa shape index (κ1) is 31.2. The van der Waals surface area contributed by atoms with E-state index in [1.807, 2.05) is 79.7 Å². The van der Waals surface area contributed by atoms with E-state index in [2.05, 4.69) is 30.9 Å². The molecular formula is C37H40N4O5. The molecule has 0 bridgehead atoms. The molecule has 3 aromatic carbocycles. The summed E-state index contributed by atoms with van der Waals surface area (Å²) in [6.45, 7) is 8.12. The van der Waals surface area contributed by atoms with E-state index >= 15 is 0 Å². The number of ether oxygens (including phenoxy) is 1. The SMILES string of the molecule is CCCc1nc(C)n(-c2ccc(OC3CCC(O)C(C)(C)C3)cc2)c(=O)c1Cc1ccc(-c2ccccc2-c2noc(=O)[nH]2)cc1. The molecule has 0 amide bonds. The van der Waals surface area contributed by atoms with Crippen molar-refractivity contribution in [2.45, 2.75) is 78.4 Å². The Morgan fingerprint density at radius 3 is 2.37 bits per heavy atom. The average Bonchev–Trinajstić information content (AvgIpc) is 3.48. The Morgan fingerprint density at radius 1 is 1.00 bits per heavy atom. The summed E-state index contributed by atoms with van der Waals surface area (Å²) in [4.78, 5) is 33.2. The van der Waals surface area contributed by atoms with Gasteiger partial charge in [0.05, 0.1) is 23.6 Å². The number of nitrogens with one attached hydrogen (secondary N) is 1. The summed E-state index contributed by atoms with van der Waals surface area (Å²) in [5.74, 6) is 1.16. The van der Waals surface area contributed by atoms with Crippen LogP contribution in [-0.2, 0) is 12.8 Å². The van der Waals surface area contributed by atoms with Gasteiger partial charge in [0.1, 0.15) is 11.6 Å². The highest BCUT2D eigenvalue weighted by atomic mass is 16.5. The van der Waals surface area contributed by atoms with Gasteiger partial charge in [-0.25, -0.2) is 9.78 Å². The van der Waals surface area contributed by atoms with Crippen LogP contribution in [0.2, 0.25) is 0 Å². The molecule has 0 saturated heterocycles. The molecular weight excluding hydrogens is 580 g/mol. The van der Waals surface area contributed by atoms with Gasteiger partial charge in [-0.1, -0.05) is 80.9 Å². The molecule has 1 saturated carbocycles. The van der Waals surface area contributed by atoms with Crippen LogP contribution in [0.15, 0.2) is 86.9 Å². The maximum Gasteiger partial charge on any atom is 0.439 e. The predicted molar refractivity (Wildman–Crippen MR) is 177 cm³/mol. The predicted octanol–water partition coefficient (Wildman–Crippen LogP) is 6.41. The van der Waals surface area contributed by atoms with Crippen molar-refractivity contribution in [3.8, 4) is 34.0 Å². The number of aliphatic hydroxyl groups is 1. The minimum Gasteiger partial charge on any atom is -0.490 e. The zero-order chi connectivity index (χ0) is 32.4. The number of aryl methyl sites for hydroxylation is 2. The molecule has 0 radical (unpaired) electrons. The zero-order valence-corrected chi connectivity index (χ0v) is 26.7. The molecule has 2 unspecified atom stereocenters. The van der Waals surface area contributed by atoms with Crippen LogP contribution in [0, 0.1) is 12.3 Å². The molecule has 0 spiro atoms. The van der Waals surface area contributed by atoms with Gasteiger partial charge < -0.3 is 9.84 Å².